The van der Waals surface area contributed by atoms with Gasteiger partial charge >= 0.3 is 0 Å². The van der Waals surface area contributed by atoms with E-state index < -0.39 is 0 Å². The van der Waals surface area contributed by atoms with Crippen LogP contribution in [0.15, 0.2) is 12.1 Å². The van der Waals surface area contributed by atoms with Crippen molar-refractivity contribution in [2.24, 2.45) is 0 Å². The lowest BCUT2D eigenvalue weighted by atomic mass is 10.2. The number of nitriles is 1. The van der Waals surface area contributed by atoms with Crippen LogP contribution in [0.4, 0.5) is 5.82 Å². The molecule has 1 heterocycles. The summed E-state index contributed by atoms with van der Waals surface area (Å²) < 4.78 is 0. The third-order valence-corrected chi connectivity index (χ3v) is 2.86. The standard InChI is InChI=1S/C13H17N3/c1-3-8-16(12-6-7-12)13-11(9-14)5-4-10(2)15-13/h4-5,12H,3,6-8H2,1-2H3. The first-order valence-electron chi connectivity index (χ1n) is 5.90. The van der Waals surface area contributed by atoms with E-state index in [9.17, 15) is 0 Å². The Hall–Kier alpha value is -1.56. The molecule has 1 aliphatic rings. The smallest absolute Gasteiger partial charge is 0.147 e. The van der Waals surface area contributed by atoms with Gasteiger partial charge in [-0.3, -0.25) is 0 Å². The Kier molecular flexibility index (Phi) is 3.09. The van der Waals surface area contributed by atoms with Gasteiger partial charge < -0.3 is 4.90 Å². The number of hydrogen-bond acceptors (Lipinski definition) is 3. The van der Waals surface area contributed by atoms with Gasteiger partial charge in [0.05, 0.1) is 5.56 Å². The van der Waals surface area contributed by atoms with Gasteiger partial charge in [0.1, 0.15) is 11.9 Å². The second-order valence-corrected chi connectivity index (χ2v) is 4.36. The molecule has 0 saturated heterocycles. The molecule has 16 heavy (non-hydrogen) atoms. The van der Waals surface area contributed by atoms with Crippen molar-refractivity contribution in [2.75, 3.05) is 11.4 Å². The molecule has 0 aliphatic heterocycles. The fourth-order valence-electron chi connectivity index (χ4n) is 1.94. The first kappa shape index (κ1) is 10.9. The molecule has 0 atom stereocenters. The molecule has 0 unspecified atom stereocenters. The first-order valence-corrected chi connectivity index (χ1v) is 5.90. The SMILES string of the molecule is CCCN(c1nc(C)ccc1C#N)C1CC1. The van der Waals surface area contributed by atoms with Gasteiger partial charge in [-0.2, -0.15) is 5.26 Å². The molecule has 0 amide bonds. The number of nitrogens with zero attached hydrogens (tertiary/aromatic N) is 3. The molecule has 0 spiro atoms. The van der Waals surface area contributed by atoms with Gasteiger partial charge in [0.25, 0.3) is 0 Å². The Labute approximate surface area is 96.7 Å². The van der Waals surface area contributed by atoms with Crippen LogP contribution < -0.4 is 4.90 Å². The lowest BCUT2D eigenvalue weighted by Gasteiger charge is -2.24. The summed E-state index contributed by atoms with van der Waals surface area (Å²) in [6.45, 7) is 5.13. The molecule has 2 rings (SSSR count). The van der Waals surface area contributed by atoms with E-state index in [4.69, 9.17) is 5.26 Å². The van der Waals surface area contributed by atoms with Gasteiger partial charge in [0, 0.05) is 18.3 Å². The Morgan fingerprint density at radius 2 is 2.25 bits per heavy atom. The zero-order valence-corrected chi connectivity index (χ0v) is 9.90. The average molecular weight is 215 g/mol. The summed E-state index contributed by atoms with van der Waals surface area (Å²) in [5, 5.41) is 9.11. The van der Waals surface area contributed by atoms with Crippen LogP contribution in [0, 0.1) is 18.3 Å². The Bertz CT molecular complexity index is 416. The number of rotatable bonds is 4. The number of aromatic nitrogens is 1. The van der Waals surface area contributed by atoms with Crippen molar-refractivity contribution in [1.82, 2.24) is 4.98 Å². The van der Waals surface area contributed by atoms with Crippen molar-refractivity contribution in [1.29, 1.82) is 5.26 Å². The molecule has 1 fully saturated rings. The van der Waals surface area contributed by atoms with Gasteiger partial charge in [0.15, 0.2) is 0 Å². The Balaban J connectivity index is 2.35. The molecule has 0 N–H and O–H groups in total. The fraction of sp³-hybridized carbons (Fsp3) is 0.538. The van der Waals surface area contributed by atoms with E-state index in [1.54, 1.807) is 0 Å². The topological polar surface area (TPSA) is 39.9 Å². The quantitative estimate of drug-likeness (QED) is 0.775. The molecule has 1 saturated carbocycles. The van der Waals surface area contributed by atoms with Crippen molar-refractivity contribution >= 4 is 5.82 Å². The third-order valence-electron chi connectivity index (χ3n) is 2.86. The van der Waals surface area contributed by atoms with Gasteiger partial charge in [-0.15, -0.1) is 0 Å². The van der Waals surface area contributed by atoms with Crippen LogP contribution in [0.1, 0.15) is 37.4 Å². The molecule has 0 aromatic carbocycles. The maximum atomic E-state index is 9.11. The minimum atomic E-state index is 0.612. The number of hydrogen-bond donors (Lipinski definition) is 0. The van der Waals surface area contributed by atoms with Crippen LogP contribution in [0.2, 0.25) is 0 Å². The highest BCUT2D eigenvalue weighted by atomic mass is 15.2. The number of aryl methyl sites for hydroxylation is 1. The van der Waals surface area contributed by atoms with Crippen LogP contribution in [0.5, 0.6) is 0 Å². The summed E-state index contributed by atoms with van der Waals surface area (Å²) in [5.41, 5.74) is 1.68. The monoisotopic (exact) mass is 215 g/mol. The molecule has 0 radical (unpaired) electrons. The highest BCUT2D eigenvalue weighted by Crippen LogP contribution is 2.32. The average Bonchev–Trinajstić information content (AvgIpc) is 3.10. The molecule has 1 aromatic heterocycles. The van der Waals surface area contributed by atoms with Crippen molar-refractivity contribution in [3.8, 4) is 6.07 Å². The molecular formula is C13H17N3. The van der Waals surface area contributed by atoms with Gasteiger partial charge in [-0.25, -0.2) is 4.98 Å². The highest BCUT2D eigenvalue weighted by molar-refractivity contribution is 5.55. The zero-order chi connectivity index (χ0) is 11.5. The second kappa shape index (κ2) is 4.52. The molecule has 3 nitrogen and oxygen atoms in total. The van der Waals surface area contributed by atoms with Crippen LogP contribution in [0.3, 0.4) is 0 Å². The van der Waals surface area contributed by atoms with E-state index in [1.165, 1.54) is 12.8 Å². The molecule has 1 aromatic rings. The van der Waals surface area contributed by atoms with Gasteiger partial charge in [-0.1, -0.05) is 6.92 Å². The van der Waals surface area contributed by atoms with E-state index in [2.05, 4.69) is 22.9 Å². The number of anilines is 1. The fourth-order valence-corrected chi connectivity index (χ4v) is 1.94. The van der Waals surface area contributed by atoms with Crippen molar-refractivity contribution in [3.63, 3.8) is 0 Å². The first-order chi connectivity index (χ1) is 7.76. The lowest BCUT2D eigenvalue weighted by molar-refractivity contribution is 0.747. The Morgan fingerprint density at radius 1 is 1.50 bits per heavy atom. The number of pyridine rings is 1. The van der Waals surface area contributed by atoms with Crippen LogP contribution in [-0.2, 0) is 0 Å². The lowest BCUT2D eigenvalue weighted by Crippen LogP contribution is -2.28. The minimum absolute atomic E-state index is 0.612. The van der Waals surface area contributed by atoms with Crippen LogP contribution in [0.25, 0.3) is 0 Å². The van der Waals surface area contributed by atoms with Crippen molar-refractivity contribution in [2.45, 2.75) is 39.2 Å². The van der Waals surface area contributed by atoms with E-state index in [-0.39, 0.29) is 0 Å². The molecule has 0 bridgehead atoms. The van der Waals surface area contributed by atoms with Crippen LogP contribution in [-0.4, -0.2) is 17.6 Å². The van der Waals surface area contributed by atoms with Crippen molar-refractivity contribution in [3.05, 3.63) is 23.4 Å². The summed E-state index contributed by atoms with van der Waals surface area (Å²) in [6, 6.07) is 6.63. The van der Waals surface area contributed by atoms with E-state index in [1.807, 2.05) is 19.1 Å². The molecule has 1 aliphatic carbocycles. The third kappa shape index (κ3) is 2.16. The normalized spacial score (nSPS) is 14.6. The molecular weight excluding hydrogens is 198 g/mol. The van der Waals surface area contributed by atoms with Gasteiger partial charge in [0.2, 0.25) is 0 Å². The summed E-state index contributed by atoms with van der Waals surface area (Å²) in [6.07, 6.45) is 3.57. The molecule has 84 valence electrons. The van der Waals surface area contributed by atoms with Gasteiger partial charge in [-0.05, 0) is 38.3 Å². The largest absolute Gasteiger partial charge is 0.353 e. The maximum absolute atomic E-state index is 9.11. The van der Waals surface area contributed by atoms with E-state index in [0.29, 0.717) is 11.6 Å². The highest BCUT2D eigenvalue weighted by Gasteiger charge is 2.30. The molecule has 3 heteroatoms. The van der Waals surface area contributed by atoms with E-state index in [0.717, 1.165) is 24.5 Å². The summed E-state index contributed by atoms with van der Waals surface area (Å²) in [4.78, 5) is 6.82. The summed E-state index contributed by atoms with van der Waals surface area (Å²) >= 11 is 0. The maximum Gasteiger partial charge on any atom is 0.147 e. The van der Waals surface area contributed by atoms with Crippen LogP contribution >= 0.6 is 0 Å². The van der Waals surface area contributed by atoms with Crippen molar-refractivity contribution < 1.29 is 0 Å². The van der Waals surface area contributed by atoms with E-state index >= 15 is 0 Å². The zero-order valence-electron chi connectivity index (χ0n) is 9.90. The second-order valence-electron chi connectivity index (χ2n) is 4.36. The minimum Gasteiger partial charge on any atom is -0.353 e. The predicted octanol–water partition coefficient (Wildman–Crippen LogP) is 2.64. The summed E-state index contributed by atoms with van der Waals surface area (Å²) in [5.74, 6) is 0.881. The Morgan fingerprint density at radius 3 is 2.81 bits per heavy atom. The predicted molar refractivity (Wildman–Crippen MR) is 64.3 cm³/mol. The summed E-state index contributed by atoms with van der Waals surface area (Å²) in [7, 11) is 0.